The number of nitro benzene ring substituents is 1. The fourth-order valence-electron chi connectivity index (χ4n) is 0.928. The predicted molar refractivity (Wildman–Crippen MR) is 57.2 cm³/mol. The van der Waals surface area contributed by atoms with Crippen molar-refractivity contribution >= 4 is 34.2 Å². The summed E-state index contributed by atoms with van der Waals surface area (Å²) in [4.78, 5) is 21.2. The molecule has 0 aliphatic heterocycles. The normalized spacial score (nSPS) is 9.57. The zero-order valence-electron chi connectivity index (χ0n) is 7.19. The summed E-state index contributed by atoms with van der Waals surface area (Å²) in [6.45, 7) is 0. The molecule has 1 rings (SSSR count). The first-order valence-electron chi connectivity index (χ1n) is 3.59. The number of nitro groups is 1. The summed E-state index contributed by atoms with van der Waals surface area (Å²) in [6.07, 6.45) is 0. The molecule has 0 amide bonds. The van der Waals surface area contributed by atoms with Crippen LogP contribution in [0.1, 0.15) is 10.4 Å². The molecule has 6 heteroatoms. The van der Waals surface area contributed by atoms with Crippen molar-refractivity contribution in [1.29, 1.82) is 0 Å². The SMILES string of the molecule is COC(=O)c1cccc([N+](=O)[O-])c1I. The zero-order valence-corrected chi connectivity index (χ0v) is 9.35. The summed E-state index contributed by atoms with van der Waals surface area (Å²) in [5.74, 6) is -0.571. The van der Waals surface area contributed by atoms with Crippen LogP contribution in [0.3, 0.4) is 0 Å². The first kappa shape index (κ1) is 10.9. The quantitative estimate of drug-likeness (QED) is 0.362. The van der Waals surface area contributed by atoms with Gasteiger partial charge in [0.15, 0.2) is 0 Å². The van der Waals surface area contributed by atoms with Gasteiger partial charge in [-0.05, 0) is 28.7 Å². The molecule has 1 aromatic carbocycles. The van der Waals surface area contributed by atoms with Crippen LogP contribution in [0.25, 0.3) is 0 Å². The Morgan fingerprint density at radius 1 is 1.57 bits per heavy atom. The number of benzene rings is 1. The van der Waals surface area contributed by atoms with Crippen molar-refractivity contribution < 1.29 is 14.5 Å². The van der Waals surface area contributed by atoms with Crippen LogP contribution in [0.4, 0.5) is 5.69 Å². The molecule has 0 bridgehead atoms. The molecule has 0 saturated carbocycles. The Morgan fingerprint density at radius 3 is 2.71 bits per heavy atom. The Labute approximate surface area is 93.4 Å². The topological polar surface area (TPSA) is 69.4 Å². The number of hydrogen-bond acceptors (Lipinski definition) is 4. The number of methoxy groups -OCH3 is 1. The van der Waals surface area contributed by atoms with Crippen molar-refractivity contribution in [3.05, 3.63) is 37.4 Å². The lowest BCUT2D eigenvalue weighted by Crippen LogP contribution is -2.05. The molecular weight excluding hydrogens is 301 g/mol. The minimum absolute atomic E-state index is 0.0894. The van der Waals surface area contributed by atoms with Crippen molar-refractivity contribution in [2.75, 3.05) is 7.11 Å². The summed E-state index contributed by atoms with van der Waals surface area (Å²) in [7, 11) is 1.23. The fraction of sp³-hybridized carbons (Fsp3) is 0.125. The molecule has 0 heterocycles. The Hall–Kier alpha value is -1.18. The van der Waals surface area contributed by atoms with E-state index in [0.29, 0.717) is 3.57 Å². The monoisotopic (exact) mass is 307 g/mol. The van der Waals surface area contributed by atoms with Gasteiger partial charge < -0.3 is 4.74 Å². The summed E-state index contributed by atoms with van der Waals surface area (Å²) < 4.78 is 4.78. The molecule has 14 heavy (non-hydrogen) atoms. The molecule has 5 nitrogen and oxygen atoms in total. The Morgan fingerprint density at radius 2 is 2.21 bits per heavy atom. The van der Waals surface area contributed by atoms with Crippen molar-refractivity contribution in [3.8, 4) is 0 Å². The van der Waals surface area contributed by atoms with Gasteiger partial charge in [-0.25, -0.2) is 4.79 Å². The van der Waals surface area contributed by atoms with Crippen LogP contribution >= 0.6 is 22.6 Å². The van der Waals surface area contributed by atoms with Crippen LogP contribution in [0.5, 0.6) is 0 Å². The number of rotatable bonds is 2. The van der Waals surface area contributed by atoms with E-state index in [9.17, 15) is 14.9 Å². The van der Waals surface area contributed by atoms with E-state index in [2.05, 4.69) is 4.74 Å². The van der Waals surface area contributed by atoms with Gasteiger partial charge in [0.1, 0.15) is 3.57 Å². The maximum atomic E-state index is 11.2. The second kappa shape index (κ2) is 4.36. The number of ether oxygens (including phenoxy) is 1. The van der Waals surface area contributed by atoms with Gasteiger partial charge in [-0.1, -0.05) is 6.07 Å². The molecule has 0 radical (unpaired) electrons. The zero-order chi connectivity index (χ0) is 10.7. The van der Waals surface area contributed by atoms with Crippen LogP contribution < -0.4 is 0 Å². The van der Waals surface area contributed by atoms with E-state index in [4.69, 9.17) is 0 Å². The third kappa shape index (κ3) is 2.00. The number of halogens is 1. The van der Waals surface area contributed by atoms with Gasteiger partial charge in [-0.2, -0.15) is 0 Å². The van der Waals surface area contributed by atoms with Gasteiger partial charge in [-0.3, -0.25) is 10.1 Å². The Kier molecular flexibility index (Phi) is 3.39. The van der Waals surface area contributed by atoms with Crippen LogP contribution in [0.2, 0.25) is 0 Å². The molecule has 0 spiro atoms. The van der Waals surface area contributed by atoms with Gasteiger partial charge in [0, 0.05) is 6.07 Å². The van der Waals surface area contributed by atoms with Crippen LogP contribution in [0, 0.1) is 13.7 Å². The molecule has 0 aliphatic rings. The molecular formula is C8H6INO4. The highest BCUT2D eigenvalue weighted by atomic mass is 127. The minimum atomic E-state index is -0.571. The van der Waals surface area contributed by atoms with Gasteiger partial charge in [0.05, 0.1) is 17.6 Å². The smallest absolute Gasteiger partial charge is 0.339 e. The van der Waals surface area contributed by atoms with Crippen LogP contribution in [0.15, 0.2) is 18.2 Å². The summed E-state index contributed by atoms with van der Waals surface area (Å²) in [5, 5.41) is 10.5. The molecule has 0 atom stereocenters. The minimum Gasteiger partial charge on any atom is -0.465 e. The van der Waals surface area contributed by atoms with Crippen LogP contribution in [-0.2, 0) is 4.74 Å². The van der Waals surface area contributed by atoms with Gasteiger partial charge >= 0.3 is 5.97 Å². The third-order valence-corrected chi connectivity index (χ3v) is 2.71. The largest absolute Gasteiger partial charge is 0.465 e. The molecule has 0 aliphatic carbocycles. The summed E-state index contributed by atoms with van der Waals surface area (Å²) in [6, 6.07) is 4.28. The predicted octanol–water partition coefficient (Wildman–Crippen LogP) is 1.99. The molecule has 74 valence electrons. The molecule has 1 aromatic rings. The highest BCUT2D eigenvalue weighted by Crippen LogP contribution is 2.24. The maximum Gasteiger partial charge on any atom is 0.339 e. The first-order chi connectivity index (χ1) is 6.57. The fourth-order valence-corrected chi connectivity index (χ4v) is 1.71. The van der Waals surface area contributed by atoms with Crippen molar-refractivity contribution in [3.63, 3.8) is 0 Å². The lowest BCUT2D eigenvalue weighted by Gasteiger charge is -2.01. The average Bonchev–Trinajstić information content (AvgIpc) is 2.16. The average molecular weight is 307 g/mol. The van der Waals surface area contributed by atoms with Crippen molar-refractivity contribution in [1.82, 2.24) is 0 Å². The van der Waals surface area contributed by atoms with Crippen molar-refractivity contribution in [2.45, 2.75) is 0 Å². The van der Waals surface area contributed by atoms with E-state index in [1.807, 2.05) is 0 Å². The number of hydrogen-bond donors (Lipinski definition) is 0. The first-order valence-corrected chi connectivity index (χ1v) is 4.67. The van der Waals surface area contributed by atoms with Gasteiger partial charge in [-0.15, -0.1) is 0 Å². The highest BCUT2D eigenvalue weighted by Gasteiger charge is 2.19. The Bertz CT molecular complexity index is 391. The van der Waals surface area contributed by atoms with E-state index in [1.54, 1.807) is 22.6 Å². The molecule has 0 saturated heterocycles. The van der Waals surface area contributed by atoms with E-state index in [-0.39, 0.29) is 11.3 Å². The molecule has 0 unspecified atom stereocenters. The second-order valence-corrected chi connectivity index (χ2v) is 3.47. The van der Waals surface area contributed by atoms with E-state index < -0.39 is 10.9 Å². The lowest BCUT2D eigenvalue weighted by molar-refractivity contribution is -0.385. The number of esters is 1. The van der Waals surface area contributed by atoms with E-state index >= 15 is 0 Å². The molecule has 0 fully saturated rings. The van der Waals surface area contributed by atoms with Gasteiger partial charge in [0.2, 0.25) is 0 Å². The summed E-state index contributed by atoms with van der Waals surface area (Å²) >= 11 is 1.75. The van der Waals surface area contributed by atoms with Crippen LogP contribution in [-0.4, -0.2) is 18.0 Å². The van der Waals surface area contributed by atoms with Crippen molar-refractivity contribution in [2.24, 2.45) is 0 Å². The third-order valence-electron chi connectivity index (χ3n) is 1.58. The maximum absolute atomic E-state index is 11.2. The molecule has 0 aromatic heterocycles. The lowest BCUT2D eigenvalue weighted by atomic mass is 10.2. The van der Waals surface area contributed by atoms with E-state index in [1.165, 1.54) is 25.3 Å². The summed E-state index contributed by atoms with van der Waals surface area (Å²) in [5.41, 5.74) is 0.121. The highest BCUT2D eigenvalue weighted by molar-refractivity contribution is 14.1. The second-order valence-electron chi connectivity index (χ2n) is 2.39. The Balaban J connectivity index is 3.27. The number of nitrogens with zero attached hydrogens (tertiary/aromatic N) is 1. The molecule has 0 N–H and O–H groups in total. The number of carbonyl (C=O) groups excluding carboxylic acids is 1. The standard InChI is InChI=1S/C8H6INO4/c1-14-8(11)5-3-2-4-6(7(5)9)10(12)13/h2-4H,1H3. The number of carbonyl (C=O) groups is 1. The van der Waals surface area contributed by atoms with E-state index in [0.717, 1.165) is 0 Å². The van der Waals surface area contributed by atoms with Gasteiger partial charge in [0.25, 0.3) is 5.69 Å².